The maximum atomic E-state index is 13.1. The highest BCUT2D eigenvalue weighted by molar-refractivity contribution is 7.91. The second-order valence-electron chi connectivity index (χ2n) is 7.42. The van der Waals surface area contributed by atoms with Crippen LogP contribution in [0.2, 0.25) is 5.02 Å². The molecule has 0 atom stereocenters. The Balaban J connectivity index is 1.59. The van der Waals surface area contributed by atoms with E-state index in [9.17, 15) is 13.2 Å². The molecular weight excluding hydrogens is 470 g/mol. The van der Waals surface area contributed by atoms with Crippen LogP contribution in [0, 0.1) is 0 Å². The number of methoxy groups -OCH3 is 1. The quantitative estimate of drug-likeness (QED) is 0.508. The standard InChI is InChI=1S/C22H22ClN3O4S2/c1-30-21(27)20-18-8-11-26(13-16-6-9-24-10-7-16)14-19(18)31-22(20)32(28,29)25-12-15-2-4-17(23)5-3-15/h2-7,9-10,25H,8,11-14H2,1H3. The molecule has 4 rings (SSSR count). The molecule has 1 aliphatic heterocycles. The molecule has 0 unspecified atom stereocenters. The summed E-state index contributed by atoms with van der Waals surface area (Å²) in [5.74, 6) is -0.628. The number of ether oxygens (including phenoxy) is 1. The molecule has 0 saturated carbocycles. The lowest BCUT2D eigenvalue weighted by molar-refractivity contribution is 0.0595. The first-order chi connectivity index (χ1) is 15.4. The fraction of sp³-hybridized carbons (Fsp3) is 0.273. The zero-order valence-electron chi connectivity index (χ0n) is 17.4. The van der Waals surface area contributed by atoms with Crippen molar-refractivity contribution in [2.24, 2.45) is 0 Å². The lowest BCUT2D eigenvalue weighted by atomic mass is 10.0. The fourth-order valence-corrected chi connectivity index (χ4v) is 6.77. The minimum Gasteiger partial charge on any atom is -0.465 e. The Morgan fingerprint density at radius 1 is 1.19 bits per heavy atom. The van der Waals surface area contributed by atoms with Crippen molar-refractivity contribution in [2.45, 2.75) is 30.3 Å². The minimum atomic E-state index is -3.92. The lowest BCUT2D eigenvalue weighted by Gasteiger charge is -2.27. The normalized spacial score (nSPS) is 14.2. The number of hydrogen-bond donors (Lipinski definition) is 1. The molecule has 0 spiro atoms. The molecule has 3 heterocycles. The van der Waals surface area contributed by atoms with Crippen molar-refractivity contribution in [1.29, 1.82) is 0 Å². The molecule has 32 heavy (non-hydrogen) atoms. The van der Waals surface area contributed by atoms with Crippen LogP contribution in [0.25, 0.3) is 0 Å². The first-order valence-corrected chi connectivity index (χ1v) is 12.6. The summed E-state index contributed by atoms with van der Waals surface area (Å²) in [6, 6.07) is 10.8. The molecule has 1 aliphatic rings. The van der Waals surface area contributed by atoms with Crippen molar-refractivity contribution in [1.82, 2.24) is 14.6 Å². The van der Waals surface area contributed by atoms with Crippen LogP contribution in [0.5, 0.6) is 0 Å². The molecule has 7 nitrogen and oxygen atoms in total. The van der Waals surface area contributed by atoms with E-state index in [4.69, 9.17) is 16.3 Å². The maximum Gasteiger partial charge on any atom is 0.340 e. The van der Waals surface area contributed by atoms with Crippen molar-refractivity contribution < 1.29 is 17.9 Å². The molecule has 0 bridgehead atoms. The summed E-state index contributed by atoms with van der Waals surface area (Å²) in [5.41, 5.74) is 2.81. The first kappa shape index (κ1) is 22.9. The van der Waals surface area contributed by atoms with Gasteiger partial charge in [-0.25, -0.2) is 17.9 Å². The van der Waals surface area contributed by atoms with Gasteiger partial charge in [-0.2, -0.15) is 0 Å². The fourth-order valence-electron chi connectivity index (χ4n) is 3.66. The number of halogens is 1. The molecule has 1 N–H and O–H groups in total. The Morgan fingerprint density at radius 2 is 1.91 bits per heavy atom. The number of nitrogens with one attached hydrogen (secondary N) is 1. The van der Waals surface area contributed by atoms with Crippen LogP contribution in [0.15, 0.2) is 53.0 Å². The number of aromatic nitrogens is 1. The third-order valence-corrected chi connectivity index (χ3v) is 8.66. The molecule has 0 saturated heterocycles. The number of rotatable bonds is 7. The number of benzene rings is 1. The monoisotopic (exact) mass is 491 g/mol. The van der Waals surface area contributed by atoms with Gasteiger partial charge in [-0.05, 0) is 47.4 Å². The van der Waals surface area contributed by atoms with E-state index < -0.39 is 16.0 Å². The minimum absolute atomic E-state index is 0.00840. The van der Waals surface area contributed by atoms with E-state index in [-0.39, 0.29) is 16.3 Å². The van der Waals surface area contributed by atoms with Gasteiger partial charge in [0.1, 0.15) is 4.21 Å². The number of carbonyl (C=O) groups is 1. The van der Waals surface area contributed by atoms with Crippen molar-refractivity contribution in [2.75, 3.05) is 13.7 Å². The highest BCUT2D eigenvalue weighted by Gasteiger charge is 2.34. The molecule has 2 aromatic heterocycles. The Kier molecular flexibility index (Phi) is 6.92. The van der Waals surface area contributed by atoms with E-state index in [1.54, 1.807) is 36.7 Å². The van der Waals surface area contributed by atoms with E-state index in [0.717, 1.165) is 39.4 Å². The number of nitrogens with zero attached hydrogens (tertiary/aromatic N) is 2. The number of carbonyl (C=O) groups excluding carboxylic acids is 1. The Hall–Kier alpha value is -2.30. The molecule has 3 aromatic rings. The number of fused-ring (bicyclic) bond motifs is 1. The SMILES string of the molecule is COC(=O)c1c(S(=O)(=O)NCc2ccc(Cl)cc2)sc2c1CCN(Cc1ccncc1)C2. The van der Waals surface area contributed by atoms with Crippen molar-refractivity contribution in [3.63, 3.8) is 0 Å². The summed E-state index contributed by atoms with van der Waals surface area (Å²) in [5, 5.41) is 0.576. The summed E-state index contributed by atoms with van der Waals surface area (Å²) < 4.78 is 33.8. The van der Waals surface area contributed by atoms with Gasteiger partial charge >= 0.3 is 5.97 Å². The second-order valence-corrected chi connectivity index (χ2v) is 10.9. The van der Waals surface area contributed by atoms with Crippen molar-refractivity contribution in [3.8, 4) is 0 Å². The molecule has 0 radical (unpaired) electrons. The van der Waals surface area contributed by atoms with Crippen LogP contribution < -0.4 is 4.72 Å². The van der Waals surface area contributed by atoms with Crippen molar-refractivity contribution in [3.05, 3.63) is 80.9 Å². The number of sulfonamides is 1. The highest BCUT2D eigenvalue weighted by Crippen LogP contribution is 2.37. The Labute approximate surface area is 196 Å². The maximum absolute atomic E-state index is 13.1. The van der Waals surface area contributed by atoms with Gasteiger partial charge in [0, 0.05) is 48.5 Å². The predicted molar refractivity (Wildman–Crippen MR) is 123 cm³/mol. The average Bonchev–Trinajstić information content (AvgIpc) is 3.19. The van der Waals surface area contributed by atoms with Gasteiger partial charge in [0.05, 0.1) is 12.7 Å². The third-order valence-electron chi connectivity index (χ3n) is 5.27. The third kappa shape index (κ3) is 5.02. The van der Waals surface area contributed by atoms with Crippen LogP contribution in [0.1, 0.15) is 31.9 Å². The summed E-state index contributed by atoms with van der Waals surface area (Å²) in [6.07, 6.45) is 4.08. The average molecular weight is 492 g/mol. The van der Waals surface area contributed by atoms with Crippen LogP contribution in [0.4, 0.5) is 0 Å². The zero-order valence-corrected chi connectivity index (χ0v) is 19.8. The molecule has 10 heteroatoms. The Morgan fingerprint density at radius 3 is 2.59 bits per heavy atom. The topological polar surface area (TPSA) is 88.6 Å². The van der Waals surface area contributed by atoms with Crippen LogP contribution >= 0.6 is 22.9 Å². The molecule has 0 fully saturated rings. The smallest absolute Gasteiger partial charge is 0.340 e. The molecule has 1 aromatic carbocycles. The summed E-state index contributed by atoms with van der Waals surface area (Å²) in [6.45, 7) is 2.11. The summed E-state index contributed by atoms with van der Waals surface area (Å²) >= 11 is 7.03. The van der Waals surface area contributed by atoms with Gasteiger partial charge in [0.2, 0.25) is 0 Å². The predicted octanol–water partition coefficient (Wildman–Crippen LogP) is 3.62. The zero-order chi connectivity index (χ0) is 22.7. The van der Waals surface area contributed by atoms with Crippen LogP contribution in [0.3, 0.4) is 0 Å². The highest BCUT2D eigenvalue weighted by atomic mass is 35.5. The van der Waals surface area contributed by atoms with E-state index >= 15 is 0 Å². The summed E-state index contributed by atoms with van der Waals surface area (Å²) in [7, 11) is -2.65. The summed E-state index contributed by atoms with van der Waals surface area (Å²) in [4.78, 5) is 19.7. The van der Waals surface area contributed by atoms with Crippen LogP contribution in [-0.4, -0.2) is 37.9 Å². The number of esters is 1. The molecular formula is C22H22ClN3O4S2. The van der Waals surface area contributed by atoms with Crippen LogP contribution in [-0.2, 0) is 40.8 Å². The van der Waals surface area contributed by atoms with Gasteiger partial charge in [-0.1, -0.05) is 23.7 Å². The van der Waals surface area contributed by atoms with E-state index in [2.05, 4.69) is 14.6 Å². The van der Waals surface area contributed by atoms with Gasteiger partial charge in [-0.15, -0.1) is 11.3 Å². The number of hydrogen-bond acceptors (Lipinski definition) is 7. The number of thiophene rings is 1. The second kappa shape index (κ2) is 9.68. The van der Waals surface area contributed by atoms with Gasteiger partial charge in [-0.3, -0.25) is 9.88 Å². The van der Waals surface area contributed by atoms with Gasteiger partial charge < -0.3 is 4.74 Å². The van der Waals surface area contributed by atoms with Gasteiger partial charge in [0.25, 0.3) is 10.0 Å². The van der Waals surface area contributed by atoms with E-state index in [1.165, 1.54) is 7.11 Å². The van der Waals surface area contributed by atoms with E-state index in [1.807, 2.05) is 12.1 Å². The molecule has 168 valence electrons. The lowest BCUT2D eigenvalue weighted by Crippen LogP contribution is -2.30. The van der Waals surface area contributed by atoms with E-state index in [0.29, 0.717) is 24.5 Å². The van der Waals surface area contributed by atoms with Crippen molar-refractivity contribution >= 4 is 38.9 Å². The molecule has 0 aliphatic carbocycles. The van der Waals surface area contributed by atoms with Gasteiger partial charge in [0.15, 0.2) is 0 Å². The Bertz CT molecular complexity index is 1210. The number of pyridine rings is 1. The molecule has 0 amide bonds. The largest absolute Gasteiger partial charge is 0.465 e. The first-order valence-electron chi connectivity index (χ1n) is 9.95.